The third-order valence-corrected chi connectivity index (χ3v) is 8.29. The van der Waals surface area contributed by atoms with Gasteiger partial charge in [-0.25, -0.2) is 0 Å². The zero-order valence-corrected chi connectivity index (χ0v) is 26.0. The molecule has 0 unspecified atom stereocenters. The van der Waals surface area contributed by atoms with Crippen molar-refractivity contribution in [2.75, 3.05) is 7.11 Å². The average Bonchev–Trinajstić information content (AvgIpc) is 3.60. The van der Waals surface area contributed by atoms with Crippen LogP contribution in [0.4, 0.5) is 0 Å². The van der Waals surface area contributed by atoms with Gasteiger partial charge < -0.3 is 9.47 Å². The molecule has 0 fully saturated rings. The normalized spacial score (nSPS) is 11.2. The lowest BCUT2D eigenvalue weighted by molar-refractivity contribution is 0.282. The minimum absolute atomic E-state index is 0.333. The van der Waals surface area contributed by atoms with Gasteiger partial charge in [0, 0.05) is 5.92 Å². The number of aromatic nitrogens is 4. The van der Waals surface area contributed by atoms with Gasteiger partial charge >= 0.3 is 0 Å². The molecule has 6 aromatic rings. The molecule has 8 nitrogen and oxygen atoms in total. The van der Waals surface area contributed by atoms with Gasteiger partial charge in [-0.05, 0) is 64.2 Å². The van der Waals surface area contributed by atoms with Crippen LogP contribution in [0.3, 0.4) is 0 Å². The Bertz CT molecular complexity index is 1920. The molecule has 0 saturated heterocycles. The van der Waals surface area contributed by atoms with Crippen molar-refractivity contribution in [2.45, 2.75) is 26.4 Å². The Balaban J connectivity index is 1.56. The van der Waals surface area contributed by atoms with Gasteiger partial charge in [0.2, 0.25) is 0 Å². The van der Waals surface area contributed by atoms with E-state index in [9.17, 15) is 9.59 Å². The summed E-state index contributed by atoms with van der Waals surface area (Å²) >= 11 is 3.69. The first-order valence-electron chi connectivity index (χ1n) is 14.1. The summed E-state index contributed by atoms with van der Waals surface area (Å²) in [5.74, 6) is 0.186. The van der Waals surface area contributed by atoms with Gasteiger partial charge in [-0.15, -0.1) is 0 Å². The summed E-state index contributed by atoms with van der Waals surface area (Å²) in [5, 5.41) is 11.7. The van der Waals surface area contributed by atoms with Gasteiger partial charge in [-0.1, -0.05) is 90.0 Å². The highest BCUT2D eigenvalue weighted by Gasteiger charge is 2.32. The lowest BCUT2D eigenvalue weighted by Crippen LogP contribution is -2.20. The van der Waals surface area contributed by atoms with Crippen molar-refractivity contribution in [3.05, 3.63) is 150 Å². The van der Waals surface area contributed by atoms with Gasteiger partial charge in [-0.2, -0.15) is 0 Å². The molecule has 0 radical (unpaired) electrons. The molecule has 0 aliphatic heterocycles. The van der Waals surface area contributed by atoms with Crippen LogP contribution < -0.4 is 20.6 Å². The van der Waals surface area contributed by atoms with Crippen molar-refractivity contribution >= 4 is 15.9 Å². The number of ether oxygens (including phenoxy) is 2. The molecule has 9 heteroatoms. The van der Waals surface area contributed by atoms with E-state index >= 15 is 0 Å². The summed E-state index contributed by atoms with van der Waals surface area (Å²) in [6.07, 6.45) is 0. The molecule has 2 heterocycles. The molecular weight excluding hydrogens is 620 g/mol. The highest BCUT2D eigenvalue weighted by molar-refractivity contribution is 9.10. The number of nitrogens with one attached hydrogen (secondary N) is 4. The molecule has 0 atom stereocenters. The second-order valence-electron chi connectivity index (χ2n) is 10.7. The number of benzene rings is 4. The van der Waals surface area contributed by atoms with E-state index in [2.05, 4.69) is 36.3 Å². The number of rotatable bonds is 9. The maximum atomic E-state index is 13.7. The predicted octanol–water partition coefficient (Wildman–Crippen LogP) is 7.20. The largest absolute Gasteiger partial charge is 0.493 e. The van der Waals surface area contributed by atoms with Crippen molar-refractivity contribution in [1.29, 1.82) is 0 Å². The third kappa shape index (κ3) is 5.66. The summed E-state index contributed by atoms with van der Waals surface area (Å²) in [6.45, 7) is 4.35. The number of hydrogen-bond acceptors (Lipinski definition) is 4. The standard InChI is InChI=1S/C35H31BrN4O4/c1-20-9-13-23(14-10-20)31-29(34(41)39-37-31)28(30-32(38-40-35(30)42)24-15-11-21(2)12-16-24)25-17-26(36)33(27(18-25)43-3)44-19-22-7-5-4-6-8-22/h4-18,28H,19H2,1-3H3,(H2,37,39,41)(H2,38,40,42). The maximum Gasteiger partial charge on any atom is 0.268 e. The first kappa shape index (κ1) is 29.1. The predicted molar refractivity (Wildman–Crippen MR) is 176 cm³/mol. The van der Waals surface area contributed by atoms with E-state index < -0.39 is 5.92 Å². The van der Waals surface area contributed by atoms with Crippen LogP contribution in [0.2, 0.25) is 0 Å². The van der Waals surface area contributed by atoms with Gasteiger partial charge in [0.1, 0.15) is 6.61 Å². The van der Waals surface area contributed by atoms with Crippen molar-refractivity contribution in [2.24, 2.45) is 0 Å². The molecule has 2 aromatic heterocycles. The topological polar surface area (TPSA) is 116 Å². The molecule has 0 aliphatic rings. The van der Waals surface area contributed by atoms with Crippen LogP contribution in [0.1, 0.15) is 39.3 Å². The fourth-order valence-electron chi connectivity index (χ4n) is 5.44. The summed E-state index contributed by atoms with van der Waals surface area (Å²) in [4.78, 5) is 27.4. The second kappa shape index (κ2) is 12.3. The smallest absolute Gasteiger partial charge is 0.268 e. The fraction of sp³-hybridized carbons (Fsp3) is 0.143. The first-order valence-corrected chi connectivity index (χ1v) is 14.9. The highest BCUT2D eigenvalue weighted by Crippen LogP contribution is 2.44. The molecular formula is C35H31BrN4O4. The molecule has 0 bridgehead atoms. The Hall–Kier alpha value is -5.02. The summed E-state index contributed by atoms with van der Waals surface area (Å²) in [7, 11) is 1.57. The van der Waals surface area contributed by atoms with Crippen LogP contribution in [0, 0.1) is 13.8 Å². The van der Waals surface area contributed by atoms with Crippen LogP contribution >= 0.6 is 15.9 Å². The molecule has 4 aromatic carbocycles. The molecule has 0 amide bonds. The highest BCUT2D eigenvalue weighted by atomic mass is 79.9. The number of aromatic amines is 4. The quantitative estimate of drug-likeness (QED) is 0.132. The number of H-pyrrole nitrogens is 4. The Morgan fingerprint density at radius 3 is 1.73 bits per heavy atom. The average molecular weight is 652 g/mol. The van der Waals surface area contributed by atoms with Crippen LogP contribution in [0.15, 0.2) is 105 Å². The van der Waals surface area contributed by atoms with Gasteiger partial charge in [0.25, 0.3) is 11.1 Å². The molecule has 0 aliphatic carbocycles. The molecule has 0 saturated carbocycles. The van der Waals surface area contributed by atoms with Crippen LogP contribution in [0.25, 0.3) is 22.5 Å². The Kier molecular flexibility index (Phi) is 8.13. The SMILES string of the molecule is COc1cc(C(c2c(-c3ccc(C)cc3)[nH][nH]c2=O)c2c(-c3ccc(C)cc3)[nH][nH]c2=O)cc(Br)c1OCc1ccccc1. The second-order valence-corrected chi connectivity index (χ2v) is 11.6. The van der Waals surface area contributed by atoms with Crippen molar-refractivity contribution in [3.63, 3.8) is 0 Å². The monoisotopic (exact) mass is 650 g/mol. The van der Waals surface area contributed by atoms with Crippen LogP contribution in [0.5, 0.6) is 11.5 Å². The number of halogens is 1. The van der Waals surface area contributed by atoms with Crippen molar-refractivity contribution in [1.82, 2.24) is 20.4 Å². The lowest BCUT2D eigenvalue weighted by Gasteiger charge is -2.21. The van der Waals surface area contributed by atoms with E-state index in [1.165, 1.54) is 0 Å². The van der Waals surface area contributed by atoms with Crippen molar-refractivity contribution < 1.29 is 9.47 Å². The summed E-state index contributed by atoms with van der Waals surface area (Å²) < 4.78 is 12.6. The van der Waals surface area contributed by atoms with E-state index in [0.717, 1.165) is 27.8 Å². The molecule has 6 rings (SSSR count). The Morgan fingerprint density at radius 2 is 1.23 bits per heavy atom. The zero-order valence-electron chi connectivity index (χ0n) is 24.5. The van der Waals surface area contributed by atoms with E-state index in [1.54, 1.807) is 7.11 Å². The summed E-state index contributed by atoms with van der Waals surface area (Å²) in [6, 6.07) is 29.3. The molecule has 4 N–H and O–H groups in total. The number of methoxy groups -OCH3 is 1. The molecule has 0 spiro atoms. The zero-order chi connectivity index (χ0) is 30.8. The minimum atomic E-state index is -0.791. The molecule has 222 valence electrons. The van der Waals surface area contributed by atoms with Gasteiger partial charge in [-0.3, -0.25) is 30.0 Å². The summed E-state index contributed by atoms with van der Waals surface area (Å²) in [5.41, 5.74) is 6.80. The van der Waals surface area contributed by atoms with E-state index in [4.69, 9.17) is 9.47 Å². The first-order chi connectivity index (χ1) is 21.3. The Labute approximate surface area is 262 Å². The van der Waals surface area contributed by atoms with E-state index in [-0.39, 0.29) is 11.1 Å². The Morgan fingerprint density at radius 1 is 0.705 bits per heavy atom. The lowest BCUT2D eigenvalue weighted by atomic mass is 9.83. The minimum Gasteiger partial charge on any atom is -0.493 e. The maximum absolute atomic E-state index is 13.7. The van der Waals surface area contributed by atoms with Gasteiger partial charge in [0.05, 0.1) is 34.1 Å². The van der Waals surface area contributed by atoms with Crippen LogP contribution in [-0.4, -0.2) is 27.5 Å². The third-order valence-electron chi connectivity index (χ3n) is 7.70. The van der Waals surface area contributed by atoms with Gasteiger partial charge in [0.15, 0.2) is 11.5 Å². The van der Waals surface area contributed by atoms with E-state index in [1.807, 2.05) is 105 Å². The van der Waals surface area contributed by atoms with E-state index in [0.29, 0.717) is 50.7 Å². The number of aryl methyl sites for hydroxylation is 2. The number of hydrogen-bond donors (Lipinski definition) is 4. The van der Waals surface area contributed by atoms with Crippen LogP contribution in [-0.2, 0) is 6.61 Å². The fourth-order valence-corrected chi connectivity index (χ4v) is 6.01. The van der Waals surface area contributed by atoms with Crippen molar-refractivity contribution in [3.8, 4) is 34.0 Å². The molecule has 44 heavy (non-hydrogen) atoms.